The van der Waals surface area contributed by atoms with Gasteiger partial charge in [0.15, 0.2) is 5.78 Å². The van der Waals surface area contributed by atoms with Gasteiger partial charge in [0.1, 0.15) is 11.6 Å². The van der Waals surface area contributed by atoms with Gasteiger partial charge in [0.25, 0.3) is 0 Å². The first-order valence-electron chi connectivity index (χ1n) is 6.31. The van der Waals surface area contributed by atoms with E-state index in [4.69, 9.17) is 4.74 Å². The summed E-state index contributed by atoms with van der Waals surface area (Å²) in [6.07, 6.45) is 2.85. The molecule has 0 aromatic heterocycles. The van der Waals surface area contributed by atoms with E-state index in [0.29, 0.717) is 0 Å². The topological polar surface area (TPSA) is 43.4 Å². The van der Waals surface area contributed by atoms with E-state index in [0.717, 1.165) is 17.7 Å². The number of esters is 1. The van der Waals surface area contributed by atoms with Crippen LogP contribution in [0.25, 0.3) is 6.08 Å². The van der Waals surface area contributed by atoms with Gasteiger partial charge >= 0.3 is 5.97 Å². The van der Waals surface area contributed by atoms with Crippen LogP contribution in [-0.4, -0.2) is 11.8 Å². The van der Waals surface area contributed by atoms with Gasteiger partial charge in [0.2, 0.25) is 0 Å². The predicted molar refractivity (Wildman–Crippen MR) is 77.5 cm³/mol. The van der Waals surface area contributed by atoms with Gasteiger partial charge in [-0.1, -0.05) is 30.3 Å². The molecule has 0 spiro atoms. The fourth-order valence-electron chi connectivity index (χ4n) is 1.74. The van der Waals surface area contributed by atoms with Crippen LogP contribution in [0.3, 0.4) is 0 Å². The summed E-state index contributed by atoms with van der Waals surface area (Å²) in [5, 5.41) is 0. The molecular formula is C17H13FO3. The molecule has 2 aromatic rings. The number of carbonyl (C=O) groups is 2. The highest BCUT2D eigenvalue weighted by Crippen LogP contribution is 2.20. The summed E-state index contributed by atoms with van der Waals surface area (Å²) >= 11 is 0. The molecule has 4 heteroatoms. The van der Waals surface area contributed by atoms with Crippen molar-refractivity contribution in [2.75, 3.05) is 0 Å². The van der Waals surface area contributed by atoms with Gasteiger partial charge in [-0.25, -0.2) is 9.18 Å². The third-order valence-corrected chi connectivity index (χ3v) is 2.74. The minimum atomic E-state index is -0.632. The molecule has 0 aliphatic heterocycles. The van der Waals surface area contributed by atoms with Crippen LogP contribution in [0.15, 0.2) is 54.6 Å². The zero-order chi connectivity index (χ0) is 15.2. The van der Waals surface area contributed by atoms with Crippen molar-refractivity contribution in [3.8, 4) is 5.75 Å². The SMILES string of the molecule is CC(=O)c1cc(F)ccc1OC(=O)/C=C/c1ccccc1. The number of hydrogen-bond acceptors (Lipinski definition) is 3. The molecule has 0 aliphatic carbocycles. The van der Waals surface area contributed by atoms with Crippen molar-refractivity contribution < 1.29 is 18.7 Å². The molecule has 0 aliphatic rings. The van der Waals surface area contributed by atoms with Crippen molar-refractivity contribution in [1.82, 2.24) is 0 Å². The molecule has 0 unspecified atom stereocenters. The van der Waals surface area contributed by atoms with Crippen LogP contribution in [0, 0.1) is 5.82 Å². The molecule has 0 N–H and O–H groups in total. The van der Waals surface area contributed by atoms with Gasteiger partial charge < -0.3 is 4.74 Å². The summed E-state index contributed by atoms with van der Waals surface area (Å²) in [4.78, 5) is 23.1. The minimum absolute atomic E-state index is 0.0384. The van der Waals surface area contributed by atoms with Gasteiger partial charge in [-0.3, -0.25) is 4.79 Å². The van der Waals surface area contributed by atoms with Crippen molar-refractivity contribution in [3.05, 3.63) is 71.6 Å². The molecule has 0 saturated heterocycles. The van der Waals surface area contributed by atoms with Crippen LogP contribution in [0.2, 0.25) is 0 Å². The van der Waals surface area contributed by atoms with Gasteiger partial charge in [-0.2, -0.15) is 0 Å². The molecule has 2 rings (SSSR count). The van der Waals surface area contributed by atoms with Gasteiger partial charge in [0.05, 0.1) is 5.56 Å². The predicted octanol–water partition coefficient (Wildman–Crippen LogP) is 3.65. The normalized spacial score (nSPS) is 10.6. The van der Waals surface area contributed by atoms with Gasteiger partial charge in [-0.05, 0) is 36.8 Å². The standard InChI is InChI=1S/C17H13FO3/c1-12(19)15-11-14(18)8-9-16(15)21-17(20)10-7-13-5-3-2-4-6-13/h2-11H,1H3/b10-7+. The Morgan fingerprint density at radius 2 is 1.81 bits per heavy atom. The summed E-state index contributed by atoms with van der Waals surface area (Å²) in [5.74, 6) is -1.51. The minimum Gasteiger partial charge on any atom is -0.423 e. The maximum atomic E-state index is 13.1. The Bertz CT molecular complexity index is 690. The number of benzene rings is 2. The first-order chi connectivity index (χ1) is 10.1. The Hall–Kier alpha value is -2.75. The second kappa shape index (κ2) is 6.61. The van der Waals surface area contributed by atoms with Crippen LogP contribution >= 0.6 is 0 Å². The maximum Gasteiger partial charge on any atom is 0.336 e. The molecule has 0 amide bonds. The summed E-state index contributed by atoms with van der Waals surface area (Å²) < 4.78 is 18.2. The largest absolute Gasteiger partial charge is 0.423 e. The second-order valence-corrected chi connectivity index (χ2v) is 4.36. The first-order valence-corrected chi connectivity index (χ1v) is 6.31. The lowest BCUT2D eigenvalue weighted by atomic mass is 10.1. The Labute approximate surface area is 121 Å². The number of Topliss-reactive ketones (excluding diaryl/α,β-unsaturated/α-hetero) is 1. The van der Waals surface area contributed by atoms with Crippen molar-refractivity contribution >= 4 is 17.8 Å². The molecule has 0 heterocycles. The van der Waals surface area contributed by atoms with Crippen molar-refractivity contribution in [1.29, 1.82) is 0 Å². The smallest absolute Gasteiger partial charge is 0.336 e. The fourth-order valence-corrected chi connectivity index (χ4v) is 1.74. The maximum absolute atomic E-state index is 13.1. The Balaban J connectivity index is 2.13. The highest BCUT2D eigenvalue weighted by atomic mass is 19.1. The number of carbonyl (C=O) groups excluding carboxylic acids is 2. The van der Waals surface area contributed by atoms with Gasteiger partial charge in [-0.15, -0.1) is 0 Å². The molecule has 0 atom stereocenters. The quantitative estimate of drug-likeness (QED) is 0.372. The lowest BCUT2D eigenvalue weighted by Gasteiger charge is -2.06. The molecule has 0 bridgehead atoms. The molecule has 0 saturated carbocycles. The number of rotatable bonds is 4. The van der Waals surface area contributed by atoms with E-state index >= 15 is 0 Å². The Morgan fingerprint density at radius 1 is 1.10 bits per heavy atom. The molecular weight excluding hydrogens is 271 g/mol. The summed E-state index contributed by atoms with van der Waals surface area (Å²) in [6.45, 7) is 1.28. The lowest BCUT2D eigenvalue weighted by Crippen LogP contribution is -2.07. The van der Waals surface area contributed by atoms with E-state index in [2.05, 4.69) is 0 Å². The molecule has 21 heavy (non-hydrogen) atoms. The van der Waals surface area contributed by atoms with Crippen LogP contribution in [0.1, 0.15) is 22.8 Å². The number of ketones is 1. The monoisotopic (exact) mass is 284 g/mol. The van der Waals surface area contributed by atoms with Crippen LogP contribution < -0.4 is 4.74 Å². The molecule has 106 valence electrons. The molecule has 2 aromatic carbocycles. The van der Waals surface area contributed by atoms with Crippen molar-refractivity contribution in [2.45, 2.75) is 6.92 Å². The highest BCUT2D eigenvalue weighted by molar-refractivity contribution is 5.98. The van der Waals surface area contributed by atoms with Crippen molar-refractivity contribution in [2.24, 2.45) is 0 Å². The van der Waals surface area contributed by atoms with Crippen LogP contribution in [0.5, 0.6) is 5.75 Å². The zero-order valence-corrected chi connectivity index (χ0v) is 11.4. The highest BCUT2D eigenvalue weighted by Gasteiger charge is 2.12. The Morgan fingerprint density at radius 3 is 2.48 bits per heavy atom. The first kappa shape index (κ1) is 14.7. The zero-order valence-electron chi connectivity index (χ0n) is 11.4. The third kappa shape index (κ3) is 4.11. The van der Waals surface area contributed by atoms with E-state index in [1.54, 1.807) is 6.08 Å². The van der Waals surface area contributed by atoms with E-state index in [1.807, 2.05) is 30.3 Å². The summed E-state index contributed by atoms with van der Waals surface area (Å²) in [6, 6.07) is 12.7. The number of ether oxygens (including phenoxy) is 1. The van der Waals surface area contributed by atoms with E-state index in [-0.39, 0.29) is 17.1 Å². The molecule has 0 radical (unpaired) electrons. The summed E-state index contributed by atoms with van der Waals surface area (Å²) in [7, 11) is 0. The van der Waals surface area contributed by atoms with E-state index in [1.165, 1.54) is 19.1 Å². The fraction of sp³-hybridized carbons (Fsp3) is 0.0588. The molecule has 0 fully saturated rings. The van der Waals surface area contributed by atoms with Gasteiger partial charge in [0, 0.05) is 6.08 Å². The van der Waals surface area contributed by atoms with Crippen LogP contribution in [-0.2, 0) is 4.79 Å². The lowest BCUT2D eigenvalue weighted by molar-refractivity contribution is -0.128. The summed E-state index contributed by atoms with van der Waals surface area (Å²) in [5.41, 5.74) is 0.886. The second-order valence-electron chi connectivity index (χ2n) is 4.36. The average molecular weight is 284 g/mol. The van der Waals surface area contributed by atoms with Crippen LogP contribution in [0.4, 0.5) is 4.39 Å². The van der Waals surface area contributed by atoms with Crippen molar-refractivity contribution in [3.63, 3.8) is 0 Å². The Kier molecular flexibility index (Phi) is 4.61. The average Bonchev–Trinajstić information content (AvgIpc) is 2.48. The van der Waals surface area contributed by atoms with E-state index < -0.39 is 11.8 Å². The molecule has 3 nitrogen and oxygen atoms in total. The third-order valence-electron chi connectivity index (χ3n) is 2.74. The van der Waals surface area contributed by atoms with E-state index in [9.17, 15) is 14.0 Å². The number of hydrogen-bond donors (Lipinski definition) is 0. The number of halogens is 1.